The summed E-state index contributed by atoms with van der Waals surface area (Å²) in [5.41, 5.74) is 1.43. The van der Waals surface area contributed by atoms with Gasteiger partial charge in [-0.25, -0.2) is 4.79 Å². The first-order valence-electron chi connectivity index (χ1n) is 6.83. The fourth-order valence-corrected chi connectivity index (χ4v) is 3.24. The summed E-state index contributed by atoms with van der Waals surface area (Å²) in [5, 5.41) is 12.5. The molecule has 1 aliphatic carbocycles. The van der Waals surface area contributed by atoms with Gasteiger partial charge in [0.2, 0.25) is 0 Å². The lowest BCUT2D eigenvalue weighted by Crippen LogP contribution is -2.31. The molecule has 0 bridgehead atoms. The number of hydrogen-bond donors (Lipinski definition) is 2. The van der Waals surface area contributed by atoms with Crippen LogP contribution in [0.25, 0.3) is 0 Å². The molecule has 104 valence electrons. The van der Waals surface area contributed by atoms with Crippen LogP contribution in [0.1, 0.15) is 48.5 Å². The first-order chi connectivity index (χ1) is 9.08. The normalized spacial score (nSPS) is 17.6. The lowest BCUT2D eigenvalue weighted by molar-refractivity contribution is 0.0697. The van der Waals surface area contributed by atoms with Crippen LogP contribution >= 0.6 is 15.9 Å². The van der Waals surface area contributed by atoms with E-state index in [1.54, 1.807) is 12.1 Å². The van der Waals surface area contributed by atoms with Crippen LogP contribution in [0.15, 0.2) is 22.7 Å². The van der Waals surface area contributed by atoms with Crippen LogP contribution in [0.3, 0.4) is 0 Å². The minimum Gasteiger partial charge on any atom is -0.478 e. The molecule has 0 aliphatic heterocycles. The molecule has 1 aliphatic rings. The van der Waals surface area contributed by atoms with Gasteiger partial charge in [0.25, 0.3) is 0 Å². The highest BCUT2D eigenvalue weighted by molar-refractivity contribution is 9.10. The van der Waals surface area contributed by atoms with Crippen LogP contribution in [-0.2, 0) is 6.54 Å². The van der Waals surface area contributed by atoms with Crippen LogP contribution < -0.4 is 5.32 Å². The monoisotopic (exact) mass is 325 g/mol. The molecule has 1 aromatic rings. The van der Waals surface area contributed by atoms with E-state index < -0.39 is 5.97 Å². The minimum absolute atomic E-state index is 0.319. The third kappa shape index (κ3) is 3.80. The number of carboxylic acids is 1. The highest BCUT2D eigenvalue weighted by atomic mass is 79.9. The molecule has 0 saturated heterocycles. The summed E-state index contributed by atoms with van der Waals surface area (Å²) in [5.74, 6) is -0.100. The Morgan fingerprint density at radius 3 is 2.74 bits per heavy atom. The maximum absolute atomic E-state index is 10.9. The second kappa shape index (κ2) is 6.53. The van der Waals surface area contributed by atoms with Crippen molar-refractivity contribution in [2.24, 2.45) is 5.92 Å². The Morgan fingerprint density at radius 2 is 2.16 bits per heavy atom. The van der Waals surface area contributed by atoms with Crippen molar-refractivity contribution in [3.8, 4) is 0 Å². The molecule has 1 fully saturated rings. The summed E-state index contributed by atoms with van der Waals surface area (Å²) in [6.07, 6.45) is 5.36. The number of aromatic carboxylic acids is 1. The highest BCUT2D eigenvalue weighted by Gasteiger charge is 2.21. The van der Waals surface area contributed by atoms with E-state index in [4.69, 9.17) is 5.11 Å². The van der Waals surface area contributed by atoms with Crippen molar-refractivity contribution in [2.75, 3.05) is 0 Å². The van der Waals surface area contributed by atoms with Crippen molar-refractivity contribution in [2.45, 2.75) is 45.2 Å². The number of halogens is 1. The largest absolute Gasteiger partial charge is 0.478 e. The summed E-state index contributed by atoms with van der Waals surface area (Å²) in [6.45, 7) is 3.02. The van der Waals surface area contributed by atoms with E-state index in [-0.39, 0.29) is 0 Å². The van der Waals surface area contributed by atoms with Gasteiger partial charge in [0.1, 0.15) is 0 Å². The molecule has 4 heteroatoms. The van der Waals surface area contributed by atoms with E-state index in [1.807, 2.05) is 6.07 Å². The number of carbonyl (C=O) groups is 1. The third-order valence-electron chi connectivity index (χ3n) is 4.02. The van der Waals surface area contributed by atoms with E-state index in [1.165, 1.54) is 25.7 Å². The zero-order valence-electron chi connectivity index (χ0n) is 11.2. The van der Waals surface area contributed by atoms with Crippen LogP contribution in [-0.4, -0.2) is 17.1 Å². The van der Waals surface area contributed by atoms with Crippen molar-refractivity contribution < 1.29 is 9.90 Å². The van der Waals surface area contributed by atoms with E-state index in [0.29, 0.717) is 11.6 Å². The fraction of sp³-hybridized carbons (Fsp3) is 0.533. The van der Waals surface area contributed by atoms with Crippen molar-refractivity contribution in [3.05, 3.63) is 33.8 Å². The summed E-state index contributed by atoms with van der Waals surface area (Å²) in [6, 6.07) is 5.72. The predicted molar refractivity (Wildman–Crippen MR) is 79.4 cm³/mol. The van der Waals surface area contributed by atoms with Crippen LogP contribution in [0.5, 0.6) is 0 Å². The van der Waals surface area contributed by atoms with Gasteiger partial charge in [-0.2, -0.15) is 0 Å². The van der Waals surface area contributed by atoms with Gasteiger partial charge in [0.05, 0.1) is 5.56 Å². The smallest absolute Gasteiger partial charge is 0.335 e. The number of hydrogen-bond acceptors (Lipinski definition) is 2. The SMILES string of the molecule is C[C@@H](NCc1ccc(C(=O)O)cc1Br)C1CCCC1. The Labute approximate surface area is 122 Å². The first-order valence-corrected chi connectivity index (χ1v) is 7.62. The van der Waals surface area contributed by atoms with Crippen LogP contribution in [0, 0.1) is 5.92 Å². The van der Waals surface area contributed by atoms with E-state index in [0.717, 1.165) is 22.5 Å². The summed E-state index contributed by atoms with van der Waals surface area (Å²) in [7, 11) is 0. The topological polar surface area (TPSA) is 49.3 Å². The molecule has 0 aromatic heterocycles. The molecule has 0 unspecified atom stereocenters. The predicted octanol–water partition coefficient (Wildman–Crippen LogP) is 3.82. The van der Waals surface area contributed by atoms with Crippen molar-refractivity contribution >= 4 is 21.9 Å². The summed E-state index contributed by atoms with van der Waals surface area (Å²) < 4.78 is 0.860. The molecule has 0 amide bonds. The number of nitrogens with one attached hydrogen (secondary N) is 1. The Bertz CT molecular complexity index is 455. The molecule has 0 heterocycles. The lowest BCUT2D eigenvalue weighted by Gasteiger charge is -2.20. The highest BCUT2D eigenvalue weighted by Crippen LogP contribution is 2.28. The number of benzene rings is 1. The lowest BCUT2D eigenvalue weighted by atomic mass is 9.99. The second-order valence-corrected chi connectivity index (χ2v) is 6.18. The molecule has 3 nitrogen and oxygen atoms in total. The summed E-state index contributed by atoms with van der Waals surface area (Å²) in [4.78, 5) is 10.9. The van der Waals surface area contributed by atoms with Gasteiger partial charge in [-0.15, -0.1) is 0 Å². The fourth-order valence-electron chi connectivity index (χ4n) is 2.72. The van der Waals surface area contributed by atoms with Gasteiger partial charge in [-0.3, -0.25) is 0 Å². The molecule has 1 saturated carbocycles. The zero-order chi connectivity index (χ0) is 13.8. The van der Waals surface area contributed by atoms with Crippen molar-refractivity contribution in [1.82, 2.24) is 5.32 Å². The Morgan fingerprint density at radius 1 is 1.47 bits per heavy atom. The molecule has 1 atom stereocenters. The van der Waals surface area contributed by atoms with Crippen LogP contribution in [0.4, 0.5) is 0 Å². The van der Waals surface area contributed by atoms with Crippen LogP contribution in [0.2, 0.25) is 0 Å². The maximum atomic E-state index is 10.9. The van der Waals surface area contributed by atoms with Gasteiger partial charge < -0.3 is 10.4 Å². The summed E-state index contributed by atoms with van der Waals surface area (Å²) >= 11 is 3.45. The standard InChI is InChI=1S/C15H20BrNO2/c1-10(11-4-2-3-5-11)17-9-13-7-6-12(15(18)19)8-14(13)16/h6-8,10-11,17H,2-5,9H2,1H3,(H,18,19)/t10-/m1/s1. The molecule has 1 aromatic carbocycles. The molecule has 0 radical (unpaired) electrons. The van der Waals surface area contributed by atoms with E-state index >= 15 is 0 Å². The average molecular weight is 326 g/mol. The molecule has 0 spiro atoms. The van der Waals surface area contributed by atoms with Gasteiger partial charge >= 0.3 is 5.97 Å². The van der Waals surface area contributed by atoms with E-state index in [9.17, 15) is 4.79 Å². The minimum atomic E-state index is -0.889. The average Bonchev–Trinajstić information content (AvgIpc) is 2.90. The maximum Gasteiger partial charge on any atom is 0.335 e. The third-order valence-corrected chi connectivity index (χ3v) is 4.76. The van der Waals surface area contributed by atoms with Gasteiger partial charge in [0.15, 0.2) is 0 Å². The Hall–Kier alpha value is -0.870. The zero-order valence-corrected chi connectivity index (χ0v) is 12.7. The number of carboxylic acid groups (broad SMARTS) is 1. The first kappa shape index (κ1) is 14.5. The van der Waals surface area contributed by atoms with Gasteiger partial charge in [-0.1, -0.05) is 34.8 Å². The second-order valence-electron chi connectivity index (χ2n) is 5.33. The number of rotatable bonds is 5. The molecular weight excluding hydrogens is 306 g/mol. The molecule has 19 heavy (non-hydrogen) atoms. The quantitative estimate of drug-likeness (QED) is 0.865. The van der Waals surface area contributed by atoms with E-state index in [2.05, 4.69) is 28.2 Å². The molecule has 2 N–H and O–H groups in total. The molecular formula is C15H20BrNO2. The van der Waals surface area contributed by atoms with Gasteiger partial charge in [0, 0.05) is 17.1 Å². The van der Waals surface area contributed by atoms with Crippen molar-refractivity contribution in [1.29, 1.82) is 0 Å². The van der Waals surface area contributed by atoms with Gasteiger partial charge in [-0.05, 0) is 43.4 Å². The molecule has 2 rings (SSSR count). The van der Waals surface area contributed by atoms with Crippen molar-refractivity contribution in [3.63, 3.8) is 0 Å². The Balaban J connectivity index is 1.93. The Kier molecular flexibility index (Phi) is 4.99.